The van der Waals surface area contributed by atoms with Gasteiger partial charge in [-0.2, -0.15) is 0 Å². The Hall–Kier alpha value is -2.96. The Morgan fingerprint density at radius 3 is 2.67 bits per heavy atom. The number of halogens is 1. The molecule has 2 aromatic carbocycles. The summed E-state index contributed by atoms with van der Waals surface area (Å²) >= 11 is 0. The molecule has 0 aliphatic heterocycles. The third kappa shape index (κ3) is 4.07. The minimum absolute atomic E-state index is 0.00209. The zero-order valence-electron chi connectivity index (χ0n) is 13.3. The van der Waals surface area contributed by atoms with Crippen molar-refractivity contribution in [3.63, 3.8) is 0 Å². The molecule has 0 aliphatic carbocycles. The summed E-state index contributed by atoms with van der Waals surface area (Å²) in [5.41, 5.74) is 0.591. The Morgan fingerprint density at radius 2 is 2.00 bits per heavy atom. The van der Waals surface area contributed by atoms with E-state index in [0.29, 0.717) is 5.56 Å². The van der Waals surface area contributed by atoms with Gasteiger partial charge in [0.1, 0.15) is 0 Å². The lowest BCUT2D eigenvalue weighted by Crippen LogP contribution is -2.33. The number of ether oxygens (including phenoxy) is 1. The first kappa shape index (κ1) is 17.4. The van der Waals surface area contributed by atoms with Crippen LogP contribution in [-0.2, 0) is 4.79 Å². The number of hydrogen-bond acceptors (Lipinski definition) is 4. The molecule has 0 N–H and O–H groups in total. The zero-order chi connectivity index (χ0) is 17.7. The third-order valence-corrected chi connectivity index (χ3v) is 3.73. The number of rotatable bonds is 6. The summed E-state index contributed by atoms with van der Waals surface area (Å²) in [6.45, 7) is 1.43. The van der Waals surface area contributed by atoms with Gasteiger partial charge in [0.05, 0.1) is 11.0 Å². The highest BCUT2D eigenvalue weighted by atomic mass is 19.1. The van der Waals surface area contributed by atoms with Crippen LogP contribution in [0.25, 0.3) is 0 Å². The van der Waals surface area contributed by atoms with Gasteiger partial charge in [0.2, 0.25) is 0 Å². The van der Waals surface area contributed by atoms with Crippen LogP contribution in [0.5, 0.6) is 5.75 Å². The third-order valence-electron chi connectivity index (χ3n) is 3.73. The highest BCUT2D eigenvalue weighted by molar-refractivity contribution is 5.78. The second-order valence-corrected chi connectivity index (χ2v) is 5.25. The van der Waals surface area contributed by atoms with Crippen LogP contribution in [0.4, 0.5) is 10.1 Å². The summed E-state index contributed by atoms with van der Waals surface area (Å²) in [6, 6.07) is 11.5. The van der Waals surface area contributed by atoms with Crippen molar-refractivity contribution in [1.82, 2.24) is 4.90 Å². The fourth-order valence-electron chi connectivity index (χ4n) is 2.14. The molecule has 7 heteroatoms. The van der Waals surface area contributed by atoms with Crippen molar-refractivity contribution in [2.75, 3.05) is 13.7 Å². The molecule has 0 bridgehead atoms. The van der Waals surface area contributed by atoms with Crippen LogP contribution < -0.4 is 4.74 Å². The molecule has 6 nitrogen and oxygen atoms in total. The molecule has 2 rings (SSSR count). The minimum Gasteiger partial charge on any atom is -0.481 e. The predicted octanol–water partition coefficient (Wildman–Crippen LogP) is 3.33. The van der Waals surface area contributed by atoms with Gasteiger partial charge in [-0.25, -0.2) is 4.39 Å². The summed E-state index contributed by atoms with van der Waals surface area (Å²) < 4.78 is 18.7. The van der Waals surface area contributed by atoms with E-state index in [1.807, 2.05) is 0 Å². The van der Waals surface area contributed by atoms with Crippen LogP contribution in [0.2, 0.25) is 0 Å². The largest absolute Gasteiger partial charge is 0.481 e. The normalized spacial score (nSPS) is 11.6. The number of para-hydroxylation sites is 1. The number of carbonyl (C=O) groups is 1. The lowest BCUT2D eigenvalue weighted by Gasteiger charge is -2.25. The van der Waals surface area contributed by atoms with Crippen LogP contribution in [0.15, 0.2) is 48.5 Å². The van der Waals surface area contributed by atoms with Gasteiger partial charge in [0, 0.05) is 19.2 Å². The number of hydrogen-bond donors (Lipinski definition) is 0. The van der Waals surface area contributed by atoms with Crippen molar-refractivity contribution in [1.29, 1.82) is 0 Å². The molecule has 0 aromatic heterocycles. The van der Waals surface area contributed by atoms with Crippen LogP contribution in [0.3, 0.4) is 0 Å². The number of benzene rings is 2. The number of nitrogens with zero attached hydrogens (tertiary/aromatic N) is 2. The smallest absolute Gasteiger partial charge is 0.269 e. The summed E-state index contributed by atoms with van der Waals surface area (Å²) in [5, 5.41) is 10.8. The minimum atomic E-state index is -0.542. The molecule has 2 aromatic rings. The second kappa shape index (κ2) is 7.54. The molecular weight excluding hydrogens is 315 g/mol. The Balaban J connectivity index is 2.03. The SMILES string of the molecule is C[C@H](c1cccc([N+](=O)[O-])c1)N(C)C(=O)COc1ccccc1F. The van der Waals surface area contributed by atoms with Crippen LogP contribution in [0.1, 0.15) is 18.5 Å². The van der Waals surface area contributed by atoms with E-state index >= 15 is 0 Å². The summed E-state index contributed by atoms with van der Waals surface area (Å²) in [6.07, 6.45) is 0. The molecule has 1 atom stereocenters. The van der Waals surface area contributed by atoms with Gasteiger partial charge < -0.3 is 9.64 Å². The number of non-ortho nitro benzene ring substituents is 1. The van der Waals surface area contributed by atoms with Gasteiger partial charge in [-0.3, -0.25) is 14.9 Å². The molecule has 0 heterocycles. The number of amides is 1. The molecule has 1 amide bonds. The quantitative estimate of drug-likeness (QED) is 0.601. The van der Waals surface area contributed by atoms with Gasteiger partial charge in [0.15, 0.2) is 18.2 Å². The lowest BCUT2D eigenvalue weighted by atomic mass is 10.1. The fraction of sp³-hybridized carbons (Fsp3) is 0.235. The maximum absolute atomic E-state index is 13.5. The Bertz CT molecular complexity index is 751. The van der Waals surface area contributed by atoms with E-state index in [1.54, 1.807) is 32.2 Å². The molecule has 0 aliphatic rings. The maximum Gasteiger partial charge on any atom is 0.269 e. The van der Waals surface area contributed by atoms with Gasteiger partial charge in [-0.1, -0.05) is 24.3 Å². The highest BCUT2D eigenvalue weighted by Crippen LogP contribution is 2.23. The lowest BCUT2D eigenvalue weighted by molar-refractivity contribution is -0.384. The molecule has 0 radical (unpaired) electrons. The average molecular weight is 332 g/mol. The topological polar surface area (TPSA) is 72.7 Å². The summed E-state index contributed by atoms with van der Waals surface area (Å²) in [4.78, 5) is 24.0. The number of nitro benzene ring substituents is 1. The van der Waals surface area contributed by atoms with Crippen molar-refractivity contribution >= 4 is 11.6 Å². The van der Waals surface area contributed by atoms with Crippen LogP contribution in [0, 0.1) is 15.9 Å². The first-order valence-corrected chi connectivity index (χ1v) is 7.27. The Morgan fingerprint density at radius 1 is 1.29 bits per heavy atom. The standard InChI is InChI=1S/C17H17FN2O4/c1-12(13-6-5-7-14(10-13)20(22)23)19(2)17(21)11-24-16-9-4-3-8-15(16)18/h3-10,12H,11H2,1-2H3/t12-/m1/s1. The second-order valence-electron chi connectivity index (χ2n) is 5.25. The van der Waals surface area contributed by atoms with Crippen molar-refractivity contribution in [3.8, 4) is 5.75 Å². The van der Waals surface area contributed by atoms with Crippen molar-refractivity contribution in [2.24, 2.45) is 0 Å². The molecule has 0 fully saturated rings. The number of nitro groups is 1. The maximum atomic E-state index is 13.5. The van der Waals surface area contributed by atoms with E-state index in [4.69, 9.17) is 4.74 Å². The number of carbonyl (C=O) groups excluding carboxylic acids is 1. The number of likely N-dealkylation sites (N-methyl/N-ethyl adjacent to an activating group) is 1. The molecule has 126 valence electrons. The molecule has 0 saturated heterocycles. The molecule has 24 heavy (non-hydrogen) atoms. The monoisotopic (exact) mass is 332 g/mol. The first-order chi connectivity index (χ1) is 11.4. The Labute approximate surface area is 138 Å². The summed E-state index contributed by atoms with van der Waals surface area (Å²) in [5.74, 6) is -0.904. The van der Waals surface area contributed by atoms with Crippen LogP contribution in [-0.4, -0.2) is 29.4 Å². The summed E-state index contributed by atoms with van der Waals surface area (Å²) in [7, 11) is 1.57. The van der Waals surface area contributed by atoms with E-state index in [1.165, 1.54) is 35.2 Å². The van der Waals surface area contributed by atoms with E-state index < -0.39 is 10.7 Å². The average Bonchev–Trinajstić information content (AvgIpc) is 2.59. The molecular formula is C17H17FN2O4. The van der Waals surface area contributed by atoms with E-state index in [-0.39, 0.29) is 30.0 Å². The van der Waals surface area contributed by atoms with E-state index in [2.05, 4.69) is 0 Å². The fourth-order valence-corrected chi connectivity index (χ4v) is 2.14. The van der Waals surface area contributed by atoms with E-state index in [9.17, 15) is 19.3 Å². The molecule has 0 unspecified atom stereocenters. The Kier molecular flexibility index (Phi) is 5.47. The van der Waals surface area contributed by atoms with Gasteiger partial charge in [-0.05, 0) is 24.6 Å². The van der Waals surface area contributed by atoms with Gasteiger partial charge in [0.25, 0.3) is 11.6 Å². The van der Waals surface area contributed by atoms with Crippen LogP contribution >= 0.6 is 0 Å². The van der Waals surface area contributed by atoms with Crippen molar-refractivity contribution < 1.29 is 18.8 Å². The molecule has 0 saturated carbocycles. The van der Waals surface area contributed by atoms with Crippen molar-refractivity contribution in [2.45, 2.75) is 13.0 Å². The zero-order valence-corrected chi connectivity index (χ0v) is 13.3. The van der Waals surface area contributed by atoms with Crippen molar-refractivity contribution in [3.05, 3.63) is 70.0 Å². The van der Waals surface area contributed by atoms with E-state index in [0.717, 1.165) is 0 Å². The highest BCUT2D eigenvalue weighted by Gasteiger charge is 2.20. The first-order valence-electron chi connectivity index (χ1n) is 7.27. The van der Waals surface area contributed by atoms with Gasteiger partial charge >= 0.3 is 0 Å². The molecule has 0 spiro atoms. The van der Waals surface area contributed by atoms with Gasteiger partial charge in [-0.15, -0.1) is 0 Å². The predicted molar refractivity (Wildman–Crippen MR) is 86.2 cm³/mol.